The van der Waals surface area contributed by atoms with Crippen molar-refractivity contribution in [1.82, 2.24) is 4.90 Å². The highest BCUT2D eigenvalue weighted by Crippen LogP contribution is 2.38. The first-order valence-corrected chi connectivity index (χ1v) is 12.6. The fraction of sp³-hybridized carbons (Fsp3) is 0.333. The Hall–Kier alpha value is -3.36. The molecule has 0 spiro atoms. The van der Waals surface area contributed by atoms with E-state index in [1.165, 1.54) is 24.0 Å². The van der Waals surface area contributed by atoms with Crippen LogP contribution in [-0.4, -0.2) is 43.6 Å². The second-order valence-electron chi connectivity index (χ2n) is 8.13. The van der Waals surface area contributed by atoms with Crippen molar-refractivity contribution in [2.75, 3.05) is 32.2 Å². The van der Waals surface area contributed by atoms with Gasteiger partial charge in [-0.05, 0) is 49.6 Å². The van der Waals surface area contributed by atoms with Crippen LogP contribution in [0.4, 0.5) is 5.00 Å². The second-order valence-corrected chi connectivity index (χ2v) is 9.23. The summed E-state index contributed by atoms with van der Waals surface area (Å²) >= 11 is 1.44. The molecule has 184 valence electrons. The third kappa shape index (κ3) is 5.66. The van der Waals surface area contributed by atoms with E-state index in [9.17, 15) is 9.59 Å². The zero-order chi connectivity index (χ0) is 24.8. The normalized spacial score (nSPS) is 13.1. The molecule has 4 rings (SSSR count). The Bertz CT molecular complexity index is 1190. The van der Waals surface area contributed by atoms with Gasteiger partial charge in [0, 0.05) is 30.1 Å². The Morgan fingerprint density at radius 1 is 1.03 bits per heavy atom. The lowest BCUT2D eigenvalue weighted by Gasteiger charge is -2.27. The zero-order valence-corrected chi connectivity index (χ0v) is 21.1. The van der Waals surface area contributed by atoms with Gasteiger partial charge in [-0.1, -0.05) is 30.3 Å². The van der Waals surface area contributed by atoms with Crippen molar-refractivity contribution >= 4 is 28.2 Å². The van der Waals surface area contributed by atoms with Gasteiger partial charge in [0.15, 0.2) is 11.5 Å². The number of rotatable bonds is 9. The molecular formula is C27H30N2O5S. The van der Waals surface area contributed by atoms with Crippen molar-refractivity contribution < 1.29 is 23.8 Å². The van der Waals surface area contributed by atoms with Crippen molar-refractivity contribution in [3.63, 3.8) is 0 Å². The fourth-order valence-corrected chi connectivity index (χ4v) is 5.48. The molecule has 0 saturated heterocycles. The molecule has 2 heterocycles. The summed E-state index contributed by atoms with van der Waals surface area (Å²) in [5.74, 6) is 0.346. The average molecular weight is 495 g/mol. The minimum Gasteiger partial charge on any atom is -0.490 e. The highest BCUT2D eigenvalue weighted by atomic mass is 32.1. The van der Waals surface area contributed by atoms with Crippen LogP contribution in [0, 0.1) is 0 Å². The molecular weight excluding hydrogens is 464 g/mol. The predicted octanol–water partition coefficient (Wildman–Crippen LogP) is 5.14. The predicted molar refractivity (Wildman–Crippen MR) is 137 cm³/mol. The summed E-state index contributed by atoms with van der Waals surface area (Å²) in [6.07, 6.45) is 0.719. The highest BCUT2D eigenvalue weighted by Gasteiger charge is 2.29. The van der Waals surface area contributed by atoms with Gasteiger partial charge in [-0.2, -0.15) is 0 Å². The molecule has 8 heteroatoms. The monoisotopic (exact) mass is 494 g/mol. The van der Waals surface area contributed by atoms with Crippen LogP contribution >= 0.6 is 11.3 Å². The number of ether oxygens (including phenoxy) is 3. The van der Waals surface area contributed by atoms with E-state index in [0.717, 1.165) is 30.0 Å². The Morgan fingerprint density at radius 3 is 2.49 bits per heavy atom. The average Bonchev–Trinajstić information content (AvgIpc) is 3.22. The molecule has 3 aromatic rings. The first kappa shape index (κ1) is 24.8. The number of thiophene rings is 1. The van der Waals surface area contributed by atoms with Gasteiger partial charge >= 0.3 is 5.97 Å². The minimum absolute atomic E-state index is 0.320. The van der Waals surface area contributed by atoms with Crippen molar-refractivity contribution in [2.24, 2.45) is 0 Å². The lowest BCUT2D eigenvalue weighted by atomic mass is 10.0. The molecule has 0 bridgehead atoms. The number of anilines is 1. The van der Waals surface area contributed by atoms with E-state index in [1.54, 1.807) is 18.2 Å². The maximum absolute atomic E-state index is 13.2. The number of methoxy groups -OCH3 is 1. The summed E-state index contributed by atoms with van der Waals surface area (Å²) < 4.78 is 16.3. The van der Waals surface area contributed by atoms with Crippen LogP contribution in [0.15, 0.2) is 48.5 Å². The second kappa shape index (κ2) is 11.4. The van der Waals surface area contributed by atoms with Crippen LogP contribution in [0.1, 0.15) is 50.6 Å². The molecule has 1 aliphatic rings. The summed E-state index contributed by atoms with van der Waals surface area (Å²) in [7, 11) is 1.36. The summed E-state index contributed by atoms with van der Waals surface area (Å²) in [5, 5.41) is 3.46. The zero-order valence-electron chi connectivity index (χ0n) is 20.3. The molecule has 1 N–H and O–H groups in total. The van der Waals surface area contributed by atoms with Gasteiger partial charge in [-0.25, -0.2) is 4.79 Å². The standard InChI is InChI=1S/C27H30N2O5S/c1-4-33-21-12-11-19(15-22(21)34-5-2)25(30)28-26-24(27(31)32-3)20-13-14-29(17-23(20)35-26)16-18-9-7-6-8-10-18/h6-12,15H,4-5,13-14,16-17H2,1-3H3,(H,28,30). The Labute approximate surface area is 209 Å². The van der Waals surface area contributed by atoms with Gasteiger partial charge < -0.3 is 19.5 Å². The summed E-state index contributed by atoms with van der Waals surface area (Å²) in [4.78, 5) is 29.3. The number of hydrogen-bond donors (Lipinski definition) is 1. The van der Waals surface area contributed by atoms with Crippen LogP contribution in [0.2, 0.25) is 0 Å². The molecule has 2 aromatic carbocycles. The SMILES string of the molecule is CCOc1ccc(C(=O)Nc2sc3c(c2C(=O)OC)CCN(Cc2ccccc2)C3)cc1OCC. The van der Waals surface area contributed by atoms with Crippen LogP contribution in [-0.2, 0) is 24.2 Å². The smallest absolute Gasteiger partial charge is 0.341 e. The molecule has 0 radical (unpaired) electrons. The Balaban J connectivity index is 1.58. The maximum atomic E-state index is 13.2. The van der Waals surface area contributed by atoms with E-state index < -0.39 is 5.97 Å². The van der Waals surface area contributed by atoms with E-state index in [4.69, 9.17) is 14.2 Å². The van der Waals surface area contributed by atoms with Crippen LogP contribution in [0.3, 0.4) is 0 Å². The van der Waals surface area contributed by atoms with Crippen molar-refractivity contribution in [1.29, 1.82) is 0 Å². The third-order valence-electron chi connectivity index (χ3n) is 5.81. The van der Waals surface area contributed by atoms with E-state index >= 15 is 0 Å². The Morgan fingerprint density at radius 2 is 1.77 bits per heavy atom. The van der Waals surface area contributed by atoms with Gasteiger partial charge in [-0.3, -0.25) is 9.69 Å². The molecule has 1 aromatic heterocycles. The van der Waals surface area contributed by atoms with E-state index in [-0.39, 0.29) is 5.91 Å². The number of carbonyl (C=O) groups excluding carboxylic acids is 2. The van der Waals surface area contributed by atoms with E-state index in [0.29, 0.717) is 47.4 Å². The van der Waals surface area contributed by atoms with Crippen molar-refractivity contribution in [2.45, 2.75) is 33.4 Å². The number of amides is 1. The number of esters is 1. The van der Waals surface area contributed by atoms with E-state index in [1.807, 2.05) is 32.0 Å². The number of nitrogens with zero attached hydrogens (tertiary/aromatic N) is 1. The molecule has 0 unspecified atom stereocenters. The minimum atomic E-state index is -0.434. The first-order chi connectivity index (χ1) is 17.0. The highest BCUT2D eigenvalue weighted by molar-refractivity contribution is 7.17. The van der Waals surface area contributed by atoms with Gasteiger partial charge in [0.05, 0.1) is 25.9 Å². The number of carbonyl (C=O) groups is 2. The molecule has 7 nitrogen and oxygen atoms in total. The molecule has 0 saturated carbocycles. The van der Waals surface area contributed by atoms with Crippen LogP contribution in [0.25, 0.3) is 0 Å². The van der Waals surface area contributed by atoms with Crippen molar-refractivity contribution in [3.8, 4) is 11.5 Å². The van der Waals surface area contributed by atoms with Gasteiger partial charge in [0.1, 0.15) is 5.00 Å². The van der Waals surface area contributed by atoms with Crippen molar-refractivity contribution in [3.05, 3.63) is 75.7 Å². The van der Waals surface area contributed by atoms with Gasteiger partial charge in [-0.15, -0.1) is 11.3 Å². The first-order valence-electron chi connectivity index (χ1n) is 11.7. The van der Waals surface area contributed by atoms with Crippen LogP contribution < -0.4 is 14.8 Å². The number of nitrogens with one attached hydrogen (secondary N) is 1. The molecule has 0 fully saturated rings. The molecule has 0 aliphatic carbocycles. The molecule has 35 heavy (non-hydrogen) atoms. The molecule has 1 amide bonds. The summed E-state index contributed by atoms with van der Waals surface area (Å²) in [5.41, 5.74) is 3.08. The third-order valence-corrected chi connectivity index (χ3v) is 6.94. The lowest BCUT2D eigenvalue weighted by molar-refractivity contribution is 0.0600. The molecule has 1 aliphatic heterocycles. The largest absolute Gasteiger partial charge is 0.490 e. The van der Waals surface area contributed by atoms with Gasteiger partial charge in [0.25, 0.3) is 5.91 Å². The quantitative estimate of drug-likeness (QED) is 0.415. The summed E-state index contributed by atoms with van der Waals surface area (Å²) in [6.45, 7) is 7.09. The van der Waals surface area contributed by atoms with Gasteiger partial charge in [0.2, 0.25) is 0 Å². The van der Waals surface area contributed by atoms with Crippen LogP contribution in [0.5, 0.6) is 11.5 Å². The topological polar surface area (TPSA) is 77.1 Å². The van der Waals surface area contributed by atoms with E-state index in [2.05, 4.69) is 22.3 Å². The number of fused-ring (bicyclic) bond motifs is 1. The number of benzene rings is 2. The fourth-order valence-electron chi connectivity index (χ4n) is 4.21. The Kier molecular flexibility index (Phi) is 8.05. The number of hydrogen-bond acceptors (Lipinski definition) is 7. The lowest BCUT2D eigenvalue weighted by Crippen LogP contribution is -2.29. The summed E-state index contributed by atoms with van der Waals surface area (Å²) in [6, 6.07) is 15.4. The maximum Gasteiger partial charge on any atom is 0.341 e. The molecule has 0 atom stereocenters.